The van der Waals surface area contributed by atoms with Crippen LogP contribution in [0.15, 0.2) is 23.8 Å². The topological polar surface area (TPSA) is 29.5 Å². The normalized spacial score (nSPS) is 28.8. The Balaban J connectivity index is 2.60. The summed E-state index contributed by atoms with van der Waals surface area (Å²) in [6.45, 7) is 2.13. The summed E-state index contributed by atoms with van der Waals surface area (Å²) >= 11 is 0. The second-order valence-electron chi connectivity index (χ2n) is 3.16. The summed E-state index contributed by atoms with van der Waals surface area (Å²) < 4.78 is 4.98. The van der Waals surface area contributed by atoms with Crippen LogP contribution in [0.5, 0.6) is 0 Å². The van der Waals surface area contributed by atoms with Crippen LogP contribution in [0, 0.1) is 0 Å². The van der Waals surface area contributed by atoms with E-state index in [1.54, 1.807) is 6.08 Å². The van der Waals surface area contributed by atoms with Crippen molar-refractivity contribution >= 4 is 0 Å². The fraction of sp³-hybridized carbons (Fsp3) is 0.600. The Kier molecular flexibility index (Phi) is 3.06. The monoisotopic (exact) mass is 168 g/mol. The SMILES string of the molecule is CCCC1=CC=CC(O)(OC)C1. The first-order chi connectivity index (χ1) is 5.70. The Labute approximate surface area is 73.5 Å². The number of hydrogen-bond acceptors (Lipinski definition) is 2. The Morgan fingerprint density at radius 3 is 3.00 bits per heavy atom. The second-order valence-corrected chi connectivity index (χ2v) is 3.16. The maximum absolute atomic E-state index is 9.73. The van der Waals surface area contributed by atoms with Crippen molar-refractivity contribution in [2.75, 3.05) is 7.11 Å². The summed E-state index contributed by atoms with van der Waals surface area (Å²) in [4.78, 5) is 0. The Hall–Kier alpha value is -0.600. The maximum atomic E-state index is 9.73. The molecule has 1 aliphatic rings. The van der Waals surface area contributed by atoms with E-state index in [2.05, 4.69) is 13.0 Å². The lowest BCUT2D eigenvalue weighted by Gasteiger charge is -2.26. The van der Waals surface area contributed by atoms with Crippen LogP contribution in [0.3, 0.4) is 0 Å². The number of ether oxygens (including phenoxy) is 1. The average molecular weight is 168 g/mol. The van der Waals surface area contributed by atoms with Gasteiger partial charge in [0.05, 0.1) is 0 Å². The molecule has 0 saturated heterocycles. The number of methoxy groups -OCH3 is 1. The molecular formula is C10H16O2. The van der Waals surface area contributed by atoms with Gasteiger partial charge >= 0.3 is 0 Å². The van der Waals surface area contributed by atoms with Crippen LogP contribution < -0.4 is 0 Å². The van der Waals surface area contributed by atoms with Crippen molar-refractivity contribution < 1.29 is 9.84 Å². The minimum Gasteiger partial charge on any atom is -0.362 e. The van der Waals surface area contributed by atoms with Gasteiger partial charge in [0, 0.05) is 13.5 Å². The van der Waals surface area contributed by atoms with Gasteiger partial charge in [-0.05, 0) is 12.5 Å². The molecule has 0 saturated carbocycles. The number of hydrogen-bond donors (Lipinski definition) is 1. The number of aliphatic hydroxyl groups is 1. The van der Waals surface area contributed by atoms with E-state index in [9.17, 15) is 5.11 Å². The third-order valence-corrected chi connectivity index (χ3v) is 2.09. The number of rotatable bonds is 3. The molecule has 1 atom stereocenters. The minimum absolute atomic E-state index is 0.605. The van der Waals surface area contributed by atoms with E-state index < -0.39 is 5.79 Å². The van der Waals surface area contributed by atoms with Crippen LogP contribution in [0.1, 0.15) is 26.2 Å². The zero-order chi connectivity index (χ0) is 9.03. The molecule has 0 aromatic rings. The van der Waals surface area contributed by atoms with Crippen LogP contribution in [0.4, 0.5) is 0 Å². The van der Waals surface area contributed by atoms with Gasteiger partial charge in [-0.3, -0.25) is 0 Å². The molecule has 0 fully saturated rings. The fourth-order valence-corrected chi connectivity index (χ4v) is 1.41. The zero-order valence-corrected chi connectivity index (χ0v) is 7.71. The molecule has 12 heavy (non-hydrogen) atoms. The highest BCUT2D eigenvalue weighted by Gasteiger charge is 2.25. The molecule has 0 aromatic heterocycles. The van der Waals surface area contributed by atoms with Gasteiger partial charge in [-0.1, -0.05) is 31.1 Å². The van der Waals surface area contributed by atoms with Crippen molar-refractivity contribution in [2.24, 2.45) is 0 Å². The first-order valence-corrected chi connectivity index (χ1v) is 4.35. The molecule has 0 aliphatic heterocycles. The van der Waals surface area contributed by atoms with Crippen molar-refractivity contribution in [1.29, 1.82) is 0 Å². The van der Waals surface area contributed by atoms with Crippen LogP contribution >= 0.6 is 0 Å². The molecule has 0 bridgehead atoms. The lowest BCUT2D eigenvalue weighted by molar-refractivity contribution is -0.145. The van der Waals surface area contributed by atoms with Gasteiger partial charge in [0.25, 0.3) is 0 Å². The maximum Gasteiger partial charge on any atom is 0.188 e. The summed E-state index contributed by atoms with van der Waals surface area (Å²) in [7, 11) is 1.53. The van der Waals surface area contributed by atoms with E-state index in [-0.39, 0.29) is 0 Å². The van der Waals surface area contributed by atoms with Gasteiger partial charge in [0.1, 0.15) is 0 Å². The molecule has 2 heteroatoms. The van der Waals surface area contributed by atoms with E-state index >= 15 is 0 Å². The third kappa shape index (κ3) is 2.19. The smallest absolute Gasteiger partial charge is 0.188 e. The van der Waals surface area contributed by atoms with Crippen molar-refractivity contribution in [2.45, 2.75) is 32.0 Å². The van der Waals surface area contributed by atoms with Crippen molar-refractivity contribution in [3.63, 3.8) is 0 Å². The summed E-state index contributed by atoms with van der Waals surface area (Å²) in [5.74, 6) is -1.06. The predicted octanol–water partition coefficient (Wildman–Crippen LogP) is 2.01. The summed E-state index contributed by atoms with van der Waals surface area (Å²) in [5.41, 5.74) is 1.25. The Bertz CT molecular complexity index is 206. The van der Waals surface area contributed by atoms with Crippen LogP contribution in [-0.4, -0.2) is 18.0 Å². The van der Waals surface area contributed by atoms with E-state index in [0.717, 1.165) is 12.8 Å². The van der Waals surface area contributed by atoms with Gasteiger partial charge < -0.3 is 9.84 Å². The van der Waals surface area contributed by atoms with E-state index in [1.807, 2.05) is 6.08 Å². The Morgan fingerprint density at radius 1 is 1.67 bits per heavy atom. The largest absolute Gasteiger partial charge is 0.362 e. The molecule has 0 aromatic carbocycles. The molecule has 1 aliphatic carbocycles. The van der Waals surface area contributed by atoms with Gasteiger partial charge in [0.15, 0.2) is 5.79 Å². The van der Waals surface area contributed by atoms with Gasteiger partial charge in [-0.2, -0.15) is 0 Å². The van der Waals surface area contributed by atoms with Gasteiger partial charge in [-0.25, -0.2) is 0 Å². The molecule has 1 rings (SSSR count). The zero-order valence-electron chi connectivity index (χ0n) is 7.71. The fourth-order valence-electron chi connectivity index (χ4n) is 1.41. The highest BCUT2D eigenvalue weighted by molar-refractivity contribution is 5.22. The predicted molar refractivity (Wildman–Crippen MR) is 48.7 cm³/mol. The quantitative estimate of drug-likeness (QED) is 0.653. The third-order valence-electron chi connectivity index (χ3n) is 2.09. The first-order valence-electron chi connectivity index (χ1n) is 4.35. The second kappa shape index (κ2) is 3.87. The number of allylic oxidation sites excluding steroid dienone is 2. The van der Waals surface area contributed by atoms with Crippen molar-refractivity contribution in [3.05, 3.63) is 23.8 Å². The molecule has 2 nitrogen and oxygen atoms in total. The van der Waals surface area contributed by atoms with Crippen LogP contribution in [-0.2, 0) is 4.74 Å². The first kappa shape index (κ1) is 9.49. The molecule has 0 amide bonds. The average Bonchev–Trinajstić information content (AvgIpc) is 2.05. The molecule has 0 radical (unpaired) electrons. The molecule has 0 spiro atoms. The molecule has 1 N–H and O–H groups in total. The van der Waals surface area contributed by atoms with E-state index in [1.165, 1.54) is 12.7 Å². The van der Waals surface area contributed by atoms with Gasteiger partial charge in [-0.15, -0.1) is 0 Å². The van der Waals surface area contributed by atoms with Crippen LogP contribution in [0.2, 0.25) is 0 Å². The molecular weight excluding hydrogens is 152 g/mol. The van der Waals surface area contributed by atoms with Crippen LogP contribution in [0.25, 0.3) is 0 Å². The van der Waals surface area contributed by atoms with Crippen molar-refractivity contribution in [1.82, 2.24) is 0 Å². The summed E-state index contributed by atoms with van der Waals surface area (Å²) in [6.07, 6.45) is 8.35. The molecule has 0 heterocycles. The summed E-state index contributed by atoms with van der Waals surface area (Å²) in [5, 5.41) is 9.73. The lowest BCUT2D eigenvalue weighted by atomic mass is 9.96. The Morgan fingerprint density at radius 2 is 2.42 bits per heavy atom. The molecule has 68 valence electrons. The molecule has 1 unspecified atom stereocenters. The minimum atomic E-state index is -1.06. The summed E-state index contributed by atoms with van der Waals surface area (Å²) in [6, 6.07) is 0. The highest BCUT2D eigenvalue weighted by Crippen LogP contribution is 2.25. The van der Waals surface area contributed by atoms with Gasteiger partial charge in [0.2, 0.25) is 0 Å². The van der Waals surface area contributed by atoms with Crippen molar-refractivity contribution in [3.8, 4) is 0 Å². The lowest BCUT2D eigenvalue weighted by Crippen LogP contribution is -2.30. The highest BCUT2D eigenvalue weighted by atomic mass is 16.6. The van der Waals surface area contributed by atoms with E-state index in [0.29, 0.717) is 6.42 Å². The van der Waals surface area contributed by atoms with E-state index in [4.69, 9.17) is 4.74 Å². The standard InChI is InChI=1S/C10H16O2/c1-3-5-9-6-4-7-10(11,8-9)12-2/h4,6-7,11H,3,5,8H2,1-2H3.